The maximum absolute atomic E-state index is 13.4. The average Bonchev–Trinajstić information content (AvgIpc) is 3.18. The van der Waals surface area contributed by atoms with Crippen molar-refractivity contribution in [1.82, 2.24) is 14.8 Å². The van der Waals surface area contributed by atoms with E-state index in [9.17, 15) is 22.4 Å². The van der Waals surface area contributed by atoms with Crippen LogP contribution in [0.1, 0.15) is 26.3 Å². The molecule has 1 aromatic carbocycles. The monoisotopic (exact) mass is 447 g/mol. The number of hydrogen-bond donors (Lipinski definition) is 1. The topological polar surface area (TPSA) is 59.8 Å². The molecule has 0 bridgehead atoms. The Morgan fingerprint density at radius 2 is 1.75 bits per heavy atom. The van der Waals surface area contributed by atoms with Crippen LogP contribution in [0.15, 0.2) is 54.7 Å². The van der Waals surface area contributed by atoms with Crippen molar-refractivity contribution in [2.75, 3.05) is 5.32 Å². The number of anilines is 1. The third-order valence-electron chi connectivity index (χ3n) is 5.19. The van der Waals surface area contributed by atoms with Crippen LogP contribution >= 0.6 is 0 Å². The van der Waals surface area contributed by atoms with E-state index in [4.69, 9.17) is 0 Å². The molecule has 3 rings (SSSR count). The third kappa shape index (κ3) is 5.72. The van der Waals surface area contributed by atoms with Gasteiger partial charge in [0.05, 0.1) is 17.3 Å². The van der Waals surface area contributed by atoms with Gasteiger partial charge in [-0.15, -0.1) is 0 Å². The van der Waals surface area contributed by atoms with Crippen LogP contribution in [0.25, 0.3) is 11.3 Å². The molecule has 2 heterocycles. The lowest BCUT2D eigenvalue weighted by Crippen LogP contribution is -2.41. The second-order valence-electron chi connectivity index (χ2n) is 8.56. The van der Waals surface area contributed by atoms with Crippen molar-refractivity contribution >= 4 is 12.1 Å². The van der Waals surface area contributed by atoms with Gasteiger partial charge in [-0.3, -0.25) is 9.48 Å². The van der Waals surface area contributed by atoms with Gasteiger partial charge in [0.15, 0.2) is 0 Å². The lowest BCUT2D eigenvalue weighted by atomic mass is 9.76. The SMILES string of the molecule is CC(C)(C)[C@@H](Cn1ccc(-c2ccc(C(F)(F)F)cc2)n1)C([C]=O)Nc1cccc(F)n1. The van der Waals surface area contributed by atoms with Gasteiger partial charge in [-0.2, -0.15) is 22.7 Å². The fourth-order valence-electron chi connectivity index (χ4n) is 3.39. The highest BCUT2D eigenvalue weighted by atomic mass is 19.4. The predicted molar refractivity (Wildman–Crippen MR) is 113 cm³/mol. The van der Waals surface area contributed by atoms with Crippen LogP contribution < -0.4 is 5.32 Å². The number of pyridine rings is 1. The van der Waals surface area contributed by atoms with Crippen LogP contribution in [0.3, 0.4) is 0 Å². The van der Waals surface area contributed by atoms with E-state index in [1.165, 1.54) is 24.3 Å². The highest BCUT2D eigenvalue weighted by Crippen LogP contribution is 2.32. The zero-order valence-corrected chi connectivity index (χ0v) is 17.8. The average molecular weight is 447 g/mol. The summed E-state index contributed by atoms with van der Waals surface area (Å²) >= 11 is 0. The van der Waals surface area contributed by atoms with Gasteiger partial charge >= 0.3 is 6.18 Å². The fraction of sp³-hybridized carbons (Fsp3) is 0.348. The minimum Gasteiger partial charge on any atom is -0.359 e. The Kier molecular flexibility index (Phi) is 6.66. The van der Waals surface area contributed by atoms with Crippen LogP contribution in [-0.2, 0) is 17.5 Å². The van der Waals surface area contributed by atoms with Crippen molar-refractivity contribution in [3.8, 4) is 11.3 Å². The van der Waals surface area contributed by atoms with Crippen molar-refractivity contribution in [1.29, 1.82) is 0 Å². The molecule has 2 aromatic heterocycles. The number of nitrogens with zero attached hydrogens (tertiary/aromatic N) is 3. The number of nitrogens with one attached hydrogen (secondary N) is 1. The zero-order chi connectivity index (χ0) is 23.5. The van der Waals surface area contributed by atoms with Crippen LogP contribution in [0, 0.1) is 17.3 Å². The molecule has 0 aliphatic rings. The van der Waals surface area contributed by atoms with E-state index in [0.29, 0.717) is 17.8 Å². The van der Waals surface area contributed by atoms with Gasteiger partial charge in [0.2, 0.25) is 12.2 Å². The van der Waals surface area contributed by atoms with Gasteiger partial charge in [-0.1, -0.05) is 39.0 Å². The lowest BCUT2D eigenvalue weighted by Gasteiger charge is -2.34. The fourth-order valence-corrected chi connectivity index (χ4v) is 3.39. The summed E-state index contributed by atoms with van der Waals surface area (Å²) in [4.78, 5) is 15.5. The summed E-state index contributed by atoms with van der Waals surface area (Å²) in [5.41, 5.74) is -0.0274. The molecule has 32 heavy (non-hydrogen) atoms. The standard InChI is InChI=1S/C23H23F4N4O/c1-22(2,3)17(19(14-32)28-21-6-4-5-20(24)29-21)13-31-12-11-18(30-31)15-7-9-16(10-8-15)23(25,26)27/h4-12,17,19H,13H2,1-3H3,(H,28,29)/t17-,19?/m0/s1. The first-order valence-corrected chi connectivity index (χ1v) is 9.95. The van der Waals surface area contributed by atoms with Crippen LogP contribution in [0.4, 0.5) is 23.4 Å². The quantitative estimate of drug-likeness (QED) is 0.392. The van der Waals surface area contributed by atoms with Crippen molar-refractivity contribution in [3.63, 3.8) is 0 Å². The first kappa shape index (κ1) is 23.4. The van der Waals surface area contributed by atoms with Gasteiger partial charge in [0.1, 0.15) is 5.82 Å². The minimum atomic E-state index is -4.40. The second kappa shape index (κ2) is 9.10. The Morgan fingerprint density at radius 3 is 2.31 bits per heavy atom. The Labute approximate surface area is 183 Å². The molecule has 9 heteroatoms. The van der Waals surface area contributed by atoms with Crippen molar-refractivity contribution < 1.29 is 22.4 Å². The number of rotatable bonds is 7. The number of aromatic nitrogens is 3. The summed E-state index contributed by atoms with van der Waals surface area (Å²) in [5, 5.41) is 7.40. The predicted octanol–water partition coefficient (Wildman–Crippen LogP) is 5.36. The van der Waals surface area contributed by atoms with E-state index in [-0.39, 0.29) is 17.2 Å². The largest absolute Gasteiger partial charge is 0.416 e. The van der Waals surface area contributed by atoms with Crippen LogP contribution in [0.2, 0.25) is 0 Å². The molecule has 2 atom stereocenters. The Bertz CT molecular complexity index is 1050. The van der Waals surface area contributed by atoms with E-state index < -0.39 is 23.7 Å². The zero-order valence-electron chi connectivity index (χ0n) is 17.8. The Hall–Kier alpha value is -3.23. The smallest absolute Gasteiger partial charge is 0.359 e. The van der Waals surface area contributed by atoms with Crippen LogP contribution in [0.5, 0.6) is 0 Å². The molecule has 1 N–H and O–H groups in total. The van der Waals surface area contributed by atoms with Crippen molar-refractivity contribution in [3.05, 3.63) is 66.2 Å². The number of carbonyl (C=O) groups excluding carboxylic acids is 1. The summed E-state index contributed by atoms with van der Waals surface area (Å²) in [6, 6.07) is 9.93. The third-order valence-corrected chi connectivity index (χ3v) is 5.19. The molecular formula is C23H23F4N4O. The Morgan fingerprint density at radius 1 is 1.06 bits per heavy atom. The molecule has 0 saturated carbocycles. The molecule has 0 amide bonds. The summed E-state index contributed by atoms with van der Waals surface area (Å²) < 4.78 is 53.4. The van der Waals surface area contributed by atoms with Gasteiger partial charge in [0.25, 0.3) is 0 Å². The first-order chi connectivity index (χ1) is 15.0. The molecule has 1 unspecified atom stereocenters. The molecule has 0 fully saturated rings. The number of alkyl halides is 3. The number of hydrogen-bond acceptors (Lipinski definition) is 4. The van der Waals surface area contributed by atoms with Crippen molar-refractivity contribution in [2.45, 2.75) is 39.5 Å². The second-order valence-corrected chi connectivity index (χ2v) is 8.56. The maximum Gasteiger partial charge on any atom is 0.416 e. The van der Waals surface area contributed by atoms with Gasteiger partial charge in [0, 0.05) is 24.2 Å². The Balaban J connectivity index is 1.80. The highest BCUT2D eigenvalue weighted by Gasteiger charge is 2.34. The number of benzene rings is 1. The van der Waals surface area contributed by atoms with E-state index in [1.807, 2.05) is 27.1 Å². The molecule has 5 nitrogen and oxygen atoms in total. The highest BCUT2D eigenvalue weighted by molar-refractivity contribution is 5.65. The molecule has 0 aliphatic carbocycles. The van der Waals surface area contributed by atoms with Crippen molar-refractivity contribution in [2.24, 2.45) is 11.3 Å². The minimum absolute atomic E-state index is 0.221. The molecule has 0 spiro atoms. The van der Waals surface area contributed by atoms with Crippen LogP contribution in [-0.4, -0.2) is 27.1 Å². The lowest BCUT2D eigenvalue weighted by molar-refractivity contribution is -0.137. The summed E-state index contributed by atoms with van der Waals surface area (Å²) in [6.45, 7) is 6.21. The number of halogens is 4. The normalized spacial score (nSPS) is 14.1. The molecular weight excluding hydrogens is 424 g/mol. The van der Waals surface area contributed by atoms with E-state index in [0.717, 1.165) is 12.1 Å². The van der Waals surface area contributed by atoms with Gasteiger partial charge in [-0.05, 0) is 35.7 Å². The summed E-state index contributed by atoms with van der Waals surface area (Å²) in [7, 11) is 0. The maximum atomic E-state index is 13.4. The van der Waals surface area contributed by atoms with Gasteiger partial charge < -0.3 is 5.32 Å². The molecule has 169 valence electrons. The molecule has 1 radical (unpaired) electrons. The molecule has 3 aromatic rings. The molecule has 0 saturated heterocycles. The van der Waals surface area contributed by atoms with E-state index in [2.05, 4.69) is 15.4 Å². The van der Waals surface area contributed by atoms with E-state index in [1.54, 1.807) is 23.0 Å². The summed E-state index contributed by atoms with van der Waals surface area (Å²) in [5.74, 6) is -0.746. The van der Waals surface area contributed by atoms with E-state index >= 15 is 0 Å². The molecule has 0 aliphatic heterocycles. The first-order valence-electron chi connectivity index (χ1n) is 9.95. The van der Waals surface area contributed by atoms with Gasteiger partial charge in [-0.25, -0.2) is 4.98 Å². The summed E-state index contributed by atoms with van der Waals surface area (Å²) in [6.07, 6.45) is -0.714.